The van der Waals surface area contributed by atoms with E-state index in [0.29, 0.717) is 23.7 Å². The molecule has 0 saturated heterocycles. The molecule has 0 heterocycles. The highest BCUT2D eigenvalue weighted by Gasteiger charge is 2.32. The van der Waals surface area contributed by atoms with Gasteiger partial charge in [0.25, 0.3) is 0 Å². The average Bonchev–Trinajstić information content (AvgIpc) is 2.96. The molecule has 0 aromatic heterocycles. The van der Waals surface area contributed by atoms with Crippen LogP contribution in [0.1, 0.15) is 62.5 Å². The van der Waals surface area contributed by atoms with Gasteiger partial charge < -0.3 is 5.11 Å². The Morgan fingerprint density at radius 3 is 2.60 bits per heavy atom. The predicted molar refractivity (Wildman–Crippen MR) is 96.7 cm³/mol. The Morgan fingerprint density at radius 2 is 1.92 bits per heavy atom. The number of hydrogen-bond donors (Lipinski definition) is 1. The quantitative estimate of drug-likeness (QED) is 0.667. The summed E-state index contributed by atoms with van der Waals surface area (Å²) in [5.74, 6) is 0.0234. The molecule has 132 valence electrons. The van der Waals surface area contributed by atoms with E-state index in [4.69, 9.17) is 10.4 Å². The molecule has 0 radical (unpaired) electrons. The maximum absolute atomic E-state index is 12.1. The van der Waals surface area contributed by atoms with Crippen LogP contribution in [0, 0.1) is 23.2 Å². The Kier molecular flexibility index (Phi) is 7.40. The Hall–Kier alpha value is -2.41. The van der Waals surface area contributed by atoms with Crippen LogP contribution >= 0.6 is 0 Å². The largest absolute Gasteiger partial charge is 0.481 e. The number of aliphatic carboxylic acids is 1. The molecule has 1 aliphatic rings. The van der Waals surface area contributed by atoms with Gasteiger partial charge in [0.1, 0.15) is 5.78 Å². The van der Waals surface area contributed by atoms with Crippen molar-refractivity contribution in [2.24, 2.45) is 11.8 Å². The van der Waals surface area contributed by atoms with Crippen molar-refractivity contribution in [1.29, 1.82) is 5.26 Å². The van der Waals surface area contributed by atoms with Crippen molar-refractivity contribution in [2.45, 2.75) is 51.4 Å². The third-order valence-electron chi connectivity index (χ3n) is 4.89. The molecule has 1 aromatic carbocycles. The van der Waals surface area contributed by atoms with Crippen LogP contribution in [0.5, 0.6) is 0 Å². The lowest BCUT2D eigenvalue weighted by atomic mass is 9.89. The molecule has 25 heavy (non-hydrogen) atoms. The number of Topliss-reactive ketones (excluding diaryl/α,β-unsaturated/α-hetero) is 1. The monoisotopic (exact) mass is 339 g/mol. The number of carbonyl (C=O) groups excluding carboxylic acids is 1. The molecule has 4 nitrogen and oxygen atoms in total. The lowest BCUT2D eigenvalue weighted by Gasteiger charge is -2.14. The zero-order valence-electron chi connectivity index (χ0n) is 14.5. The van der Waals surface area contributed by atoms with E-state index in [0.717, 1.165) is 44.1 Å². The fraction of sp³-hybridized carbons (Fsp3) is 0.476. The smallest absolute Gasteiger partial charge is 0.303 e. The van der Waals surface area contributed by atoms with Gasteiger partial charge >= 0.3 is 5.97 Å². The number of benzene rings is 1. The van der Waals surface area contributed by atoms with E-state index >= 15 is 0 Å². The highest BCUT2D eigenvalue weighted by Crippen LogP contribution is 2.34. The van der Waals surface area contributed by atoms with E-state index in [1.807, 2.05) is 18.2 Å². The summed E-state index contributed by atoms with van der Waals surface area (Å²) >= 11 is 0. The maximum atomic E-state index is 12.1. The standard InChI is InChI=1S/C21H25NO3/c22-15-17-9-7-16(8-10-17)11-12-18-13-14-20(23)19(18)5-3-1-2-4-6-21(24)25/h7-12,18-19H,1-6,13-14H2,(H,24,25). The lowest BCUT2D eigenvalue weighted by molar-refractivity contribution is -0.137. The molecule has 1 N–H and O–H groups in total. The third-order valence-corrected chi connectivity index (χ3v) is 4.89. The molecule has 1 saturated carbocycles. The first-order valence-electron chi connectivity index (χ1n) is 9.03. The normalized spacial score (nSPS) is 20.0. The molecular weight excluding hydrogens is 314 g/mol. The first-order chi connectivity index (χ1) is 12.1. The fourth-order valence-corrected chi connectivity index (χ4v) is 3.44. The van der Waals surface area contributed by atoms with E-state index < -0.39 is 5.97 Å². The van der Waals surface area contributed by atoms with Gasteiger partial charge in [-0.1, -0.05) is 43.5 Å². The molecular formula is C21H25NO3. The summed E-state index contributed by atoms with van der Waals surface area (Å²) in [4.78, 5) is 22.6. The second-order valence-corrected chi connectivity index (χ2v) is 6.71. The number of carboxylic acids is 1. The average molecular weight is 339 g/mol. The van der Waals surface area contributed by atoms with Gasteiger partial charge in [0, 0.05) is 18.8 Å². The fourth-order valence-electron chi connectivity index (χ4n) is 3.44. The minimum Gasteiger partial charge on any atom is -0.481 e. The van der Waals surface area contributed by atoms with Crippen LogP contribution < -0.4 is 0 Å². The topological polar surface area (TPSA) is 78.2 Å². The van der Waals surface area contributed by atoms with Gasteiger partial charge in [-0.3, -0.25) is 9.59 Å². The first kappa shape index (κ1) is 18.9. The molecule has 1 fully saturated rings. The van der Waals surface area contributed by atoms with Gasteiger partial charge in [0.05, 0.1) is 11.6 Å². The van der Waals surface area contributed by atoms with Gasteiger partial charge in [-0.15, -0.1) is 0 Å². The Morgan fingerprint density at radius 1 is 1.20 bits per heavy atom. The maximum Gasteiger partial charge on any atom is 0.303 e. The van der Waals surface area contributed by atoms with Gasteiger partial charge in [-0.2, -0.15) is 5.26 Å². The van der Waals surface area contributed by atoms with Crippen LogP contribution in [0.15, 0.2) is 30.3 Å². The predicted octanol–water partition coefficient (Wildman–Crippen LogP) is 4.59. The van der Waals surface area contributed by atoms with Crippen LogP contribution in [-0.2, 0) is 9.59 Å². The molecule has 2 atom stereocenters. The SMILES string of the molecule is N#Cc1ccc(C=CC2CCC(=O)C2CCCCCCC(=O)O)cc1. The van der Waals surface area contributed by atoms with E-state index in [9.17, 15) is 9.59 Å². The van der Waals surface area contributed by atoms with Gasteiger partial charge in [0.2, 0.25) is 0 Å². The zero-order chi connectivity index (χ0) is 18.1. The molecule has 1 aromatic rings. The molecule has 0 amide bonds. The van der Waals surface area contributed by atoms with E-state index in [1.54, 1.807) is 12.1 Å². The van der Waals surface area contributed by atoms with Crippen LogP contribution in [0.25, 0.3) is 6.08 Å². The number of carboxylic acid groups (broad SMARTS) is 1. The number of allylic oxidation sites excluding steroid dienone is 1. The Balaban J connectivity index is 1.80. The van der Waals surface area contributed by atoms with Gasteiger partial charge in [-0.05, 0) is 42.9 Å². The molecule has 0 spiro atoms. The van der Waals surface area contributed by atoms with Crippen LogP contribution in [0.3, 0.4) is 0 Å². The summed E-state index contributed by atoms with van der Waals surface area (Å²) in [6.45, 7) is 0. The van der Waals surface area contributed by atoms with Crippen molar-refractivity contribution in [3.8, 4) is 6.07 Å². The van der Waals surface area contributed by atoms with Crippen LogP contribution in [-0.4, -0.2) is 16.9 Å². The summed E-state index contributed by atoms with van der Waals surface area (Å²) in [6, 6.07) is 9.55. The molecule has 0 aliphatic heterocycles. The number of nitriles is 1. The van der Waals surface area contributed by atoms with E-state index in [2.05, 4.69) is 12.1 Å². The third kappa shape index (κ3) is 6.19. The number of nitrogens with zero attached hydrogens (tertiary/aromatic N) is 1. The number of unbranched alkanes of at least 4 members (excludes halogenated alkanes) is 3. The van der Waals surface area contributed by atoms with Crippen molar-refractivity contribution >= 4 is 17.8 Å². The number of rotatable bonds is 9. The number of carbonyl (C=O) groups is 2. The molecule has 2 unspecified atom stereocenters. The van der Waals surface area contributed by atoms with Crippen molar-refractivity contribution in [2.75, 3.05) is 0 Å². The highest BCUT2D eigenvalue weighted by molar-refractivity contribution is 5.84. The highest BCUT2D eigenvalue weighted by atomic mass is 16.4. The minimum atomic E-state index is -0.737. The first-order valence-corrected chi connectivity index (χ1v) is 9.03. The van der Waals surface area contributed by atoms with Gasteiger partial charge in [0.15, 0.2) is 0 Å². The zero-order valence-corrected chi connectivity index (χ0v) is 14.5. The Labute approximate surface area is 149 Å². The summed E-state index contributed by atoms with van der Waals surface area (Å²) in [7, 11) is 0. The second kappa shape index (κ2) is 9.78. The molecule has 4 heteroatoms. The molecule has 1 aliphatic carbocycles. The van der Waals surface area contributed by atoms with Crippen LogP contribution in [0.4, 0.5) is 0 Å². The number of ketones is 1. The second-order valence-electron chi connectivity index (χ2n) is 6.71. The number of hydrogen-bond acceptors (Lipinski definition) is 3. The summed E-state index contributed by atoms with van der Waals surface area (Å²) in [5.41, 5.74) is 1.69. The van der Waals surface area contributed by atoms with E-state index in [-0.39, 0.29) is 12.3 Å². The summed E-state index contributed by atoms with van der Waals surface area (Å²) in [6.07, 6.45) is 10.5. The van der Waals surface area contributed by atoms with Crippen molar-refractivity contribution in [3.05, 3.63) is 41.5 Å². The summed E-state index contributed by atoms with van der Waals surface area (Å²) < 4.78 is 0. The lowest BCUT2D eigenvalue weighted by Crippen LogP contribution is -2.13. The van der Waals surface area contributed by atoms with Crippen LogP contribution in [0.2, 0.25) is 0 Å². The van der Waals surface area contributed by atoms with Crippen molar-refractivity contribution in [1.82, 2.24) is 0 Å². The molecule has 0 bridgehead atoms. The van der Waals surface area contributed by atoms with Gasteiger partial charge in [-0.25, -0.2) is 0 Å². The minimum absolute atomic E-state index is 0.106. The molecule has 2 rings (SSSR count). The van der Waals surface area contributed by atoms with Crippen molar-refractivity contribution < 1.29 is 14.7 Å². The van der Waals surface area contributed by atoms with E-state index in [1.165, 1.54) is 0 Å². The Bertz CT molecular complexity index is 655. The summed E-state index contributed by atoms with van der Waals surface area (Å²) in [5, 5.41) is 17.5. The van der Waals surface area contributed by atoms with Crippen molar-refractivity contribution in [3.63, 3.8) is 0 Å².